The molecule has 6 heteroatoms. The van der Waals surface area contributed by atoms with Crippen LogP contribution in [-0.4, -0.2) is 31.7 Å². The minimum atomic E-state index is -0.260. The Morgan fingerprint density at radius 1 is 1.50 bits per heavy atom. The van der Waals surface area contributed by atoms with E-state index in [9.17, 15) is 5.11 Å². The molecule has 0 saturated heterocycles. The average Bonchev–Trinajstić information content (AvgIpc) is 2.61. The number of nitrogens with zero attached hydrogens (tertiary/aromatic N) is 3. The van der Waals surface area contributed by atoms with Crippen LogP contribution in [0.3, 0.4) is 0 Å². The number of hydrogen-bond acceptors (Lipinski definition) is 5. The molecule has 1 aromatic rings. The summed E-state index contributed by atoms with van der Waals surface area (Å²) in [5.74, 6) is 1.69. The quantitative estimate of drug-likeness (QED) is 0.700. The fourth-order valence-corrected chi connectivity index (χ4v) is 2.44. The maximum atomic E-state index is 9.18. The van der Waals surface area contributed by atoms with Gasteiger partial charge in [-0.3, -0.25) is 0 Å². The topological polar surface area (TPSA) is 77.0 Å². The van der Waals surface area contributed by atoms with Crippen LogP contribution >= 0.6 is 11.8 Å². The van der Waals surface area contributed by atoms with E-state index in [0.29, 0.717) is 6.54 Å². The summed E-state index contributed by atoms with van der Waals surface area (Å²) < 4.78 is 2.06. The van der Waals surface area contributed by atoms with Crippen molar-refractivity contribution in [3.63, 3.8) is 0 Å². The third-order valence-corrected chi connectivity index (χ3v) is 3.19. The van der Waals surface area contributed by atoms with Crippen LogP contribution in [-0.2, 0) is 13.1 Å². The fourth-order valence-electron chi connectivity index (χ4n) is 1.35. The summed E-state index contributed by atoms with van der Waals surface area (Å²) in [6, 6.07) is 0. The Hall–Kier alpha value is -0.590. The zero-order chi connectivity index (χ0) is 12.0. The zero-order valence-electron chi connectivity index (χ0n) is 9.89. The number of rotatable bonds is 7. The zero-order valence-corrected chi connectivity index (χ0v) is 10.7. The van der Waals surface area contributed by atoms with Gasteiger partial charge in [-0.15, -0.1) is 10.2 Å². The third kappa shape index (κ3) is 3.77. The fraction of sp³-hybridized carbons (Fsp3) is 0.800. The summed E-state index contributed by atoms with van der Waals surface area (Å²) in [4.78, 5) is 0. The van der Waals surface area contributed by atoms with Gasteiger partial charge >= 0.3 is 0 Å². The molecule has 1 unspecified atom stereocenters. The lowest BCUT2D eigenvalue weighted by atomic mass is 10.3. The number of aliphatic hydroxyl groups excluding tert-OH is 1. The Labute approximate surface area is 100 Å². The highest BCUT2D eigenvalue weighted by Crippen LogP contribution is 2.18. The van der Waals surface area contributed by atoms with Crippen LogP contribution < -0.4 is 5.73 Å². The van der Waals surface area contributed by atoms with E-state index in [1.165, 1.54) is 0 Å². The molecule has 0 aliphatic heterocycles. The lowest BCUT2D eigenvalue weighted by Gasteiger charge is -2.07. The largest absolute Gasteiger partial charge is 0.393 e. The summed E-state index contributed by atoms with van der Waals surface area (Å²) in [5, 5.41) is 18.3. The van der Waals surface area contributed by atoms with Crippen molar-refractivity contribution in [3.8, 4) is 0 Å². The number of nitrogens with two attached hydrogens (primary N) is 1. The van der Waals surface area contributed by atoms with Gasteiger partial charge in [0.15, 0.2) is 5.16 Å². The molecule has 1 aromatic heterocycles. The molecule has 5 nitrogen and oxygen atoms in total. The molecule has 0 radical (unpaired) electrons. The molecular weight excluding hydrogens is 224 g/mol. The first-order chi connectivity index (χ1) is 7.69. The van der Waals surface area contributed by atoms with Gasteiger partial charge in [0, 0.05) is 12.3 Å². The molecule has 0 spiro atoms. The maximum absolute atomic E-state index is 9.18. The summed E-state index contributed by atoms with van der Waals surface area (Å²) in [6.45, 7) is 5.23. The molecule has 1 heterocycles. The van der Waals surface area contributed by atoms with Crippen molar-refractivity contribution in [2.75, 3.05) is 5.75 Å². The Kier molecular flexibility index (Phi) is 5.79. The van der Waals surface area contributed by atoms with Crippen molar-refractivity contribution in [3.05, 3.63) is 5.82 Å². The first-order valence-corrected chi connectivity index (χ1v) is 6.60. The average molecular weight is 244 g/mol. The first-order valence-electron chi connectivity index (χ1n) is 5.62. The summed E-state index contributed by atoms with van der Waals surface area (Å²) in [7, 11) is 0. The molecule has 0 bridgehead atoms. The van der Waals surface area contributed by atoms with Crippen LogP contribution in [0.4, 0.5) is 0 Å². The summed E-state index contributed by atoms with van der Waals surface area (Å²) in [6.07, 6.45) is 1.54. The molecular formula is C10H20N4OS. The van der Waals surface area contributed by atoms with Gasteiger partial charge in [-0.25, -0.2) is 0 Å². The molecule has 92 valence electrons. The second-order valence-electron chi connectivity index (χ2n) is 3.74. The molecule has 0 fully saturated rings. The molecule has 16 heavy (non-hydrogen) atoms. The van der Waals surface area contributed by atoms with Crippen LogP contribution in [0.2, 0.25) is 0 Å². The van der Waals surface area contributed by atoms with Gasteiger partial charge in [-0.1, -0.05) is 18.7 Å². The highest BCUT2D eigenvalue weighted by molar-refractivity contribution is 7.99. The minimum Gasteiger partial charge on any atom is -0.393 e. The second kappa shape index (κ2) is 6.88. The number of aromatic nitrogens is 3. The highest BCUT2D eigenvalue weighted by Gasteiger charge is 2.10. The van der Waals surface area contributed by atoms with Crippen molar-refractivity contribution in [2.45, 2.75) is 51.0 Å². The first kappa shape index (κ1) is 13.5. The molecule has 0 aliphatic carbocycles. The van der Waals surface area contributed by atoms with Crippen LogP contribution in [0.15, 0.2) is 5.16 Å². The van der Waals surface area contributed by atoms with Gasteiger partial charge in [-0.2, -0.15) is 0 Å². The van der Waals surface area contributed by atoms with Gasteiger partial charge in [-0.05, 0) is 19.8 Å². The van der Waals surface area contributed by atoms with Crippen LogP contribution in [0.25, 0.3) is 0 Å². The number of hydrogen-bond donors (Lipinski definition) is 2. The molecule has 0 aromatic carbocycles. The van der Waals surface area contributed by atoms with E-state index in [1.807, 2.05) is 0 Å². The molecule has 3 N–H and O–H groups in total. The molecule has 0 amide bonds. The van der Waals surface area contributed by atoms with Crippen LogP contribution in [0.5, 0.6) is 0 Å². The minimum absolute atomic E-state index is 0.260. The van der Waals surface area contributed by atoms with Gasteiger partial charge in [0.05, 0.1) is 12.6 Å². The van der Waals surface area contributed by atoms with E-state index >= 15 is 0 Å². The van der Waals surface area contributed by atoms with E-state index in [-0.39, 0.29) is 6.10 Å². The van der Waals surface area contributed by atoms with Crippen molar-refractivity contribution in [1.82, 2.24) is 14.8 Å². The van der Waals surface area contributed by atoms with Gasteiger partial charge in [0.2, 0.25) is 0 Å². The van der Waals surface area contributed by atoms with Gasteiger partial charge in [0.1, 0.15) is 5.82 Å². The van der Waals surface area contributed by atoms with E-state index in [2.05, 4.69) is 21.7 Å². The Bertz CT molecular complexity index is 314. The van der Waals surface area contributed by atoms with E-state index < -0.39 is 0 Å². The lowest BCUT2D eigenvalue weighted by molar-refractivity contribution is 0.192. The number of aliphatic hydroxyl groups is 1. The van der Waals surface area contributed by atoms with Crippen molar-refractivity contribution < 1.29 is 5.11 Å². The van der Waals surface area contributed by atoms with Crippen LogP contribution in [0.1, 0.15) is 32.5 Å². The third-order valence-electron chi connectivity index (χ3n) is 2.19. The Morgan fingerprint density at radius 2 is 2.25 bits per heavy atom. The van der Waals surface area contributed by atoms with Crippen molar-refractivity contribution >= 4 is 11.8 Å². The summed E-state index contributed by atoms with van der Waals surface area (Å²) in [5.41, 5.74) is 5.60. The normalized spacial score (nSPS) is 13.0. The molecule has 0 saturated carbocycles. The van der Waals surface area contributed by atoms with E-state index in [0.717, 1.165) is 36.1 Å². The Morgan fingerprint density at radius 3 is 2.81 bits per heavy atom. The second-order valence-corrected chi connectivity index (χ2v) is 4.80. The summed E-state index contributed by atoms with van der Waals surface area (Å²) >= 11 is 1.63. The van der Waals surface area contributed by atoms with E-state index in [4.69, 9.17) is 5.73 Å². The molecule has 1 atom stereocenters. The standard InChI is InChI=1S/C10H20N4OS/c1-3-5-14-9(7-11)12-13-10(14)16-6-4-8(2)15/h8,15H,3-7,11H2,1-2H3. The maximum Gasteiger partial charge on any atom is 0.191 e. The van der Waals surface area contributed by atoms with Crippen molar-refractivity contribution in [2.24, 2.45) is 5.73 Å². The van der Waals surface area contributed by atoms with Gasteiger partial charge < -0.3 is 15.4 Å². The van der Waals surface area contributed by atoms with Gasteiger partial charge in [0.25, 0.3) is 0 Å². The predicted molar refractivity (Wildman–Crippen MR) is 65.2 cm³/mol. The molecule has 0 aliphatic rings. The Balaban J connectivity index is 2.60. The highest BCUT2D eigenvalue weighted by atomic mass is 32.2. The van der Waals surface area contributed by atoms with Crippen molar-refractivity contribution in [1.29, 1.82) is 0 Å². The predicted octanol–water partition coefficient (Wildman–Crippen LogP) is 1.01. The monoisotopic (exact) mass is 244 g/mol. The number of thioether (sulfide) groups is 1. The molecule has 1 rings (SSSR count). The SMILES string of the molecule is CCCn1c(CN)nnc1SCCC(C)O. The lowest BCUT2D eigenvalue weighted by Crippen LogP contribution is -2.09. The van der Waals surface area contributed by atoms with Crippen LogP contribution in [0, 0.1) is 0 Å². The van der Waals surface area contributed by atoms with E-state index in [1.54, 1.807) is 18.7 Å². The smallest absolute Gasteiger partial charge is 0.191 e.